The van der Waals surface area contributed by atoms with Gasteiger partial charge in [-0.2, -0.15) is 0 Å². The average Bonchev–Trinajstić information content (AvgIpc) is 2.49. The van der Waals surface area contributed by atoms with E-state index >= 15 is 0 Å². The van der Waals surface area contributed by atoms with Crippen LogP contribution in [0, 0.1) is 19.1 Å². The first-order valence-electron chi connectivity index (χ1n) is 11.0. The van der Waals surface area contributed by atoms with Gasteiger partial charge >= 0.3 is 0 Å². The normalized spacial score (nSPS) is 17.5. The van der Waals surface area contributed by atoms with Gasteiger partial charge in [-0.15, -0.1) is 0 Å². The molecule has 1 heterocycles. The van der Waals surface area contributed by atoms with Crippen molar-refractivity contribution in [3.8, 4) is 11.3 Å². The Morgan fingerprint density at radius 2 is 1.83 bits per heavy atom. The Morgan fingerprint density at radius 1 is 1.09 bits per heavy atom. The van der Waals surface area contributed by atoms with E-state index in [1.807, 2.05) is 12.3 Å². The van der Waals surface area contributed by atoms with Gasteiger partial charge < -0.3 is 0 Å². The quantitative estimate of drug-likeness (QED) is 0.677. The maximum Gasteiger partial charge on any atom is 0.0799 e. The van der Waals surface area contributed by atoms with Crippen molar-refractivity contribution >= 4 is 13.3 Å². The SMILES string of the molecule is [2H]C([2H])([2H])c1ccc(-c2cc(CC(C)(C)C)c([Si](C)(C)C)cn2)c(C([2H])([2H])[2H])c1. The summed E-state index contributed by atoms with van der Waals surface area (Å²) in [5, 5.41) is 1.27. The van der Waals surface area contributed by atoms with Crippen molar-refractivity contribution in [1.82, 2.24) is 4.98 Å². The lowest BCUT2D eigenvalue weighted by molar-refractivity contribution is 0.412. The molecule has 0 aliphatic rings. The van der Waals surface area contributed by atoms with E-state index in [-0.39, 0.29) is 16.5 Å². The highest BCUT2D eigenvalue weighted by molar-refractivity contribution is 6.89. The van der Waals surface area contributed by atoms with Crippen molar-refractivity contribution in [3.05, 3.63) is 47.2 Å². The molecule has 0 amide bonds. The molecule has 0 aliphatic heterocycles. The molecular formula is C21H31NSi. The predicted molar refractivity (Wildman–Crippen MR) is 105 cm³/mol. The van der Waals surface area contributed by atoms with Crippen LogP contribution in [0.5, 0.6) is 0 Å². The first kappa shape index (κ1) is 11.2. The van der Waals surface area contributed by atoms with E-state index in [2.05, 4.69) is 45.4 Å². The van der Waals surface area contributed by atoms with Gasteiger partial charge in [-0.05, 0) is 47.9 Å². The number of aryl methyl sites for hydroxylation is 2. The maximum absolute atomic E-state index is 7.93. The average molecular weight is 332 g/mol. The molecule has 0 saturated heterocycles. The van der Waals surface area contributed by atoms with Crippen LogP contribution >= 0.6 is 0 Å². The van der Waals surface area contributed by atoms with Crippen LogP contribution in [-0.2, 0) is 6.42 Å². The van der Waals surface area contributed by atoms with Gasteiger partial charge in [0.05, 0.1) is 13.8 Å². The first-order valence-corrected chi connectivity index (χ1v) is 11.5. The minimum absolute atomic E-state index is 0.0287. The highest BCUT2D eigenvalue weighted by atomic mass is 28.3. The van der Waals surface area contributed by atoms with Crippen LogP contribution in [0.3, 0.4) is 0 Å². The fourth-order valence-corrected chi connectivity index (χ4v) is 4.38. The van der Waals surface area contributed by atoms with Gasteiger partial charge in [-0.25, -0.2) is 0 Å². The maximum atomic E-state index is 7.93. The summed E-state index contributed by atoms with van der Waals surface area (Å²) in [6, 6.07) is 6.35. The third kappa shape index (κ3) is 4.54. The summed E-state index contributed by atoms with van der Waals surface area (Å²) in [7, 11) is -1.63. The third-order valence-corrected chi connectivity index (χ3v) is 5.88. The van der Waals surface area contributed by atoms with Crippen LogP contribution in [0.4, 0.5) is 0 Å². The van der Waals surface area contributed by atoms with Crippen molar-refractivity contribution in [2.24, 2.45) is 5.41 Å². The van der Waals surface area contributed by atoms with E-state index in [0.717, 1.165) is 6.42 Å². The van der Waals surface area contributed by atoms with Crippen molar-refractivity contribution in [1.29, 1.82) is 0 Å². The topological polar surface area (TPSA) is 12.9 Å². The fraction of sp³-hybridized carbons (Fsp3) is 0.476. The minimum atomic E-state index is -2.43. The Labute approximate surface area is 151 Å². The number of aromatic nitrogens is 1. The first-order chi connectivity index (χ1) is 12.9. The van der Waals surface area contributed by atoms with Gasteiger partial charge in [0.2, 0.25) is 0 Å². The van der Waals surface area contributed by atoms with Crippen LogP contribution in [0.1, 0.15) is 45.7 Å². The van der Waals surface area contributed by atoms with E-state index in [1.165, 1.54) is 22.9 Å². The van der Waals surface area contributed by atoms with Crippen LogP contribution in [-0.4, -0.2) is 13.1 Å². The van der Waals surface area contributed by atoms with Crippen LogP contribution < -0.4 is 5.19 Å². The molecule has 2 aromatic rings. The van der Waals surface area contributed by atoms with E-state index in [1.54, 1.807) is 6.07 Å². The van der Waals surface area contributed by atoms with Gasteiger partial charge in [-0.1, -0.05) is 64.2 Å². The number of rotatable bonds is 3. The van der Waals surface area contributed by atoms with Crippen molar-refractivity contribution in [2.45, 2.75) is 60.5 Å². The molecule has 0 fully saturated rings. The molecule has 0 unspecified atom stereocenters. The molecule has 23 heavy (non-hydrogen) atoms. The molecule has 2 rings (SSSR count). The molecule has 0 aliphatic carbocycles. The summed E-state index contributed by atoms with van der Waals surface area (Å²) in [5.74, 6) is 0. The summed E-state index contributed by atoms with van der Waals surface area (Å²) in [5.41, 5.74) is 2.37. The van der Waals surface area contributed by atoms with E-state index in [4.69, 9.17) is 8.22 Å². The molecule has 0 atom stereocenters. The van der Waals surface area contributed by atoms with Crippen molar-refractivity contribution < 1.29 is 8.22 Å². The molecule has 0 radical (unpaired) electrons. The van der Waals surface area contributed by atoms with E-state index < -0.39 is 21.8 Å². The second-order valence-electron chi connectivity index (χ2n) is 8.47. The molecule has 1 aromatic carbocycles. The zero-order valence-corrected chi connectivity index (χ0v) is 16.0. The number of benzene rings is 1. The van der Waals surface area contributed by atoms with Gasteiger partial charge in [-0.3, -0.25) is 4.98 Å². The highest BCUT2D eigenvalue weighted by Gasteiger charge is 2.24. The Balaban J connectivity index is 2.72. The number of pyridine rings is 1. The molecule has 0 saturated carbocycles. The molecule has 124 valence electrons. The summed E-state index contributed by atoms with van der Waals surface area (Å²) >= 11 is 0. The lowest BCUT2D eigenvalue weighted by Gasteiger charge is -2.26. The molecule has 0 bridgehead atoms. The van der Waals surface area contributed by atoms with Crippen molar-refractivity contribution in [3.63, 3.8) is 0 Å². The van der Waals surface area contributed by atoms with Gasteiger partial charge in [0, 0.05) is 20.0 Å². The zero-order chi connectivity index (χ0) is 22.4. The smallest absolute Gasteiger partial charge is 0.0799 e. The molecule has 1 aromatic heterocycles. The number of nitrogens with zero attached hydrogens (tertiary/aromatic N) is 1. The summed E-state index contributed by atoms with van der Waals surface area (Å²) in [4.78, 5) is 4.62. The van der Waals surface area contributed by atoms with Gasteiger partial charge in [0.25, 0.3) is 0 Å². The molecular weight excluding hydrogens is 294 g/mol. The summed E-state index contributed by atoms with van der Waals surface area (Å²) < 4.78 is 46.6. The lowest BCUT2D eigenvalue weighted by Crippen LogP contribution is -2.41. The summed E-state index contributed by atoms with van der Waals surface area (Å²) in [6.45, 7) is 8.57. The standard InChI is InChI=1S/C21H31NSi/c1-15-9-10-18(16(2)11-15)19-12-17(13-21(3,4)5)20(14-22-19)23(6,7)8/h9-12,14H,13H2,1-8H3/i1D3,2D3. The zero-order valence-electron chi connectivity index (χ0n) is 21.0. The molecule has 2 heteroatoms. The lowest BCUT2D eigenvalue weighted by atomic mass is 9.88. The van der Waals surface area contributed by atoms with E-state index in [0.29, 0.717) is 11.3 Å². The minimum Gasteiger partial charge on any atom is -0.256 e. The molecule has 1 nitrogen and oxygen atoms in total. The largest absolute Gasteiger partial charge is 0.256 e. The number of hydrogen-bond acceptors (Lipinski definition) is 1. The highest BCUT2D eigenvalue weighted by Crippen LogP contribution is 2.26. The van der Waals surface area contributed by atoms with Crippen LogP contribution in [0.15, 0.2) is 30.5 Å². The predicted octanol–water partition coefficient (Wildman–Crippen LogP) is 5.50. The van der Waals surface area contributed by atoms with Crippen molar-refractivity contribution in [2.75, 3.05) is 0 Å². The van der Waals surface area contributed by atoms with Gasteiger partial charge in [0.1, 0.15) is 0 Å². The van der Waals surface area contributed by atoms with Crippen LogP contribution in [0.2, 0.25) is 19.6 Å². The monoisotopic (exact) mass is 331 g/mol. The molecule has 0 spiro atoms. The Kier molecular flexibility index (Phi) is 3.04. The Morgan fingerprint density at radius 3 is 2.39 bits per heavy atom. The molecule has 0 N–H and O–H groups in total. The Bertz CT molecular complexity index is 886. The second-order valence-corrected chi connectivity index (χ2v) is 13.5. The van der Waals surface area contributed by atoms with Gasteiger partial charge in [0.15, 0.2) is 0 Å². The second kappa shape index (κ2) is 6.24. The number of hydrogen-bond donors (Lipinski definition) is 0. The van der Waals surface area contributed by atoms with Crippen LogP contribution in [0.25, 0.3) is 11.3 Å². The summed E-state index contributed by atoms with van der Waals surface area (Å²) in [6.07, 6.45) is 2.75. The van der Waals surface area contributed by atoms with E-state index in [9.17, 15) is 0 Å². The third-order valence-electron chi connectivity index (χ3n) is 3.81. The Hall–Kier alpha value is -1.41. The fourth-order valence-electron chi connectivity index (χ4n) is 2.80.